The van der Waals surface area contributed by atoms with Crippen LogP contribution in [0, 0.1) is 0 Å². The SMILES string of the molecule is COCCCN(C(=O)CCc1ccc(O)cc1)C(C(=O)NCc1ccc(Cl)cc1)c1cccc(C(F)F)c1. The van der Waals surface area contributed by atoms with E-state index in [0.29, 0.717) is 30.0 Å². The maximum absolute atomic E-state index is 13.6. The number of aromatic hydroxyl groups is 1. The first-order valence-corrected chi connectivity index (χ1v) is 12.6. The van der Waals surface area contributed by atoms with Crippen molar-refractivity contribution in [3.05, 3.63) is 100 Å². The van der Waals surface area contributed by atoms with E-state index in [2.05, 4.69) is 5.32 Å². The fourth-order valence-electron chi connectivity index (χ4n) is 4.06. The second-order valence-electron chi connectivity index (χ2n) is 8.82. The van der Waals surface area contributed by atoms with Crippen LogP contribution in [0.4, 0.5) is 8.78 Å². The van der Waals surface area contributed by atoms with Crippen LogP contribution in [0.3, 0.4) is 0 Å². The van der Waals surface area contributed by atoms with E-state index in [1.54, 1.807) is 61.7 Å². The Morgan fingerprint density at radius 1 is 1.00 bits per heavy atom. The number of benzene rings is 3. The lowest BCUT2D eigenvalue weighted by Gasteiger charge is -2.32. The van der Waals surface area contributed by atoms with Crippen molar-refractivity contribution in [3.8, 4) is 5.75 Å². The molecule has 0 heterocycles. The summed E-state index contributed by atoms with van der Waals surface area (Å²) in [6.45, 7) is 0.729. The standard InChI is InChI=1S/C29H31ClF2N2O4/c1-38-17-3-16-34(26(36)15-10-20-8-13-25(35)14-9-20)27(22-4-2-5-23(18-22)28(31)32)29(37)33-19-21-6-11-24(30)12-7-21/h2,4-9,11-14,18,27-28,35H,3,10,15-17,19H2,1H3,(H,33,37). The minimum absolute atomic E-state index is 0.0905. The molecule has 0 aliphatic rings. The highest BCUT2D eigenvalue weighted by Gasteiger charge is 2.31. The van der Waals surface area contributed by atoms with Crippen molar-refractivity contribution < 1.29 is 28.2 Å². The molecule has 6 nitrogen and oxygen atoms in total. The number of aryl methyl sites for hydroxylation is 1. The number of alkyl halides is 2. The number of phenolic OH excluding ortho intramolecular Hbond substituents is 1. The van der Waals surface area contributed by atoms with Crippen molar-refractivity contribution in [3.63, 3.8) is 0 Å². The highest BCUT2D eigenvalue weighted by molar-refractivity contribution is 6.30. The molecular weight excluding hydrogens is 514 g/mol. The predicted molar refractivity (Wildman–Crippen MR) is 142 cm³/mol. The number of amides is 2. The van der Waals surface area contributed by atoms with E-state index in [4.69, 9.17) is 16.3 Å². The number of ether oxygens (including phenoxy) is 1. The Bertz CT molecular complexity index is 1190. The molecule has 2 N–H and O–H groups in total. The lowest BCUT2D eigenvalue weighted by atomic mass is 10.00. The van der Waals surface area contributed by atoms with E-state index in [1.807, 2.05) is 0 Å². The van der Waals surface area contributed by atoms with Crippen LogP contribution in [0.25, 0.3) is 0 Å². The maximum Gasteiger partial charge on any atom is 0.263 e. The number of phenols is 1. The number of hydrogen-bond acceptors (Lipinski definition) is 4. The Kier molecular flexibility index (Phi) is 11.1. The summed E-state index contributed by atoms with van der Waals surface area (Å²) < 4.78 is 32.2. The monoisotopic (exact) mass is 544 g/mol. The zero-order valence-corrected chi connectivity index (χ0v) is 21.8. The lowest BCUT2D eigenvalue weighted by molar-refractivity contribution is -0.141. The molecule has 0 aliphatic carbocycles. The third-order valence-corrected chi connectivity index (χ3v) is 6.30. The van der Waals surface area contributed by atoms with Crippen LogP contribution >= 0.6 is 11.6 Å². The van der Waals surface area contributed by atoms with Gasteiger partial charge in [0.15, 0.2) is 0 Å². The van der Waals surface area contributed by atoms with Crippen molar-refractivity contribution in [2.24, 2.45) is 0 Å². The molecule has 0 saturated carbocycles. The number of carbonyl (C=O) groups is 2. The maximum atomic E-state index is 13.6. The summed E-state index contributed by atoms with van der Waals surface area (Å²) in [4.78, 5) is 28.5. The molecule has 0 spiro atoms. The summed E-state index contributed by atoms with van der Waals surface area (Å²) in [5.74, 6) is -0.664. The van der Waals surface area contributed by atoms with Crippen molar-refractivity contribution in [2.45, 2.75) is 38.3 Å². The zero-order valence-electron chi connectivity index (χ0n) is 21.1. The minimum Gasteiger partial charge on any atom is -0.508 e. The number of rotatable bonds is 13. The van der Waals surface area contributed by atoms with Gasteiger partial charge in [0.05, 0.1) is 0 Å². The molecule has 3 rings (SSSR count). The Morgan fingerprint density at radius 3 is 2.32 bits per heavy atom. The first kappa shape index (κ1) is 29.1. The summed E-state index contributed by atoms with van der Waals surface area (Å²) >= 11 is 5.95. The second kappa shape index (κ2) is 14.4. The lowest BCUT2D eigenvalue weighted by Crippen LogP contribution is -2.44. The Morgan fingerprint density at radius 2 is 1.66 bits per heavy atom. The zero-order chi connectivity index (χ0) is 27.5. The average Bonchev–Trinajstić information content (AvgIpc) is 2.92. The van der Waals surface area contributed by atoms with E-state index in [0.717, 1.165) is 11.1 Å². The molecule has 0 aliphatic heterocycles. The molecule has 9 heteroatoms. The van der Waals surface area contributed by atoms with Crippen LogP contribution in [0.2, 0.25) is 5.02 Å². The van der Waals surface area contributed by atoms with Gasteiger partial charge in [0.25, 0.3) is 6.43 Å². The molecule has 3 aromatic rings. The van der Waals surface area contributed by atoms with Gasteiger partial charge in [0, 0.05) is 43.8 Å². The fourth-order valence-corrected chi connectivity index (χ4v) is 4.19. The Balaban J connectivity index is 1.89. The first-order chi connectivity index (χ1) is 18.3. The summed E-state index contributed by atoms with van der Waals surface area (Å²) in [5.41, 5.74) is 1.71. The number of nitrogens with zero attached hydrogens (tertiary/aromatic N) is 1. The molecule has 1 atom stereocenters. The topological polar surface area (TPSA) is 78.9 Å². The number of halogens is 3. The van der Waals surface area contributed by atoms with Crippen LogP contribution in [-0.2, 0) is 27.3 Å². The van der Waals surface area contributed by atoms with Gasteiger partial charge in [-0.05, 0) is 59.9 Å². The molecule has 0 saturated heterocycles. The normalized spacial score (nSPS) is 11.8. The van der Waals surface area contributed by atoms with Gasteiger partial charge in [-0.25, -0.2) is 8.78 Å². The highest BCUT2D eigenvalue weighted by Crippen LogP contribution is 2.28. The molecule has 0 fully saturated rings. The molecular formula is C29H31ClF2N2O4. The van der Waals surface area contributed by atoms with Gasteiger partial charge >= 0.3 is 0 Å². The van der Waals surface area contributed by atoms with Gasteiger partial charge in [0.1, 0.15) is 11.8 Å². The van der Waals surface area contributed by atoms with Crippen molar-refractivity contribution in [1.29, 1.82) is 0 Å². The molecule has 0 bridgehead atoms. The number of nitrogens with one attached hydrogen (secondary N) is 1. The van der Waals surface area contributed by atoms with E-state index in [9.17, 15) is 23.5 Å². The summed E-state index contributed by atoms with van der Waals surface area (Å²) in [5, 5.41) is 12.9. The summed E-state index contributed by atoms with van der Waals surface area (Å²) in [6, 6.07) is 18.0. The van der Waals surface area contributed by atoms with E-state index >= 15 is 0 Å². The Labute approximate surface area is 226 Å². The van der Waals surface area contributed by atoms with E-state index in [-0.39, 0.29) is 36.7 Å². The van der Waals surface area contributed by atoms with Crippen molar-refractivity contribution >= 4 is 23.4 Å². The molecule has 202 valence electrons. The average molecular weight is 545 g/mol. The summed E-state index contributed by atoms with van der Waals surface area (Å²) in [6.07, 6.45) is -1.79. The Hall–Kier alpha value is -3.49. The smallest absolute Gasteiger partial charge is 0.263 e. The van der Waals surface area contributed by atoms with Gasteiger partial charge in [-0.1, -0.05) is 54.1 Å². The van der Waals surface area contributed by atoms with Gasteiger partial charge in [-0.2, -0.15) is 0 Å². The van der Waals surface area contributed by atoms with E-state index < -0.39 is 18.4 Å². The van der Waals surface area contributed by atoms with Crippen LogP contribution in [-0.4, -0.2) is 42.1 Å². The van der Waals surface area contributed by atoms with Gasteiger partial charge < -0.3 is 20.1 Å². The van der Waals surface area contributed by atoms with Crippen LogP contribution in [0.15, 0.2) is 72.8 Å². The molecule has 38 heavy (non-hydrogen) atoms. The minimum atomic E-state index is -2.72. The number of hydrogen-bond donors (Lipinski definition) is 2. The molecule has 2 amide bonds. The van der Waals surface area contributed by atoms with Crippen molar-refractivity contribution in [1.82, 2.24) is 10.2 Å². The quantitative estimate of drug-likeness (QED) is 0.265. The second-order valence-corrected chi connectivity index (χ2v) is 9.25. The van der Waals surface area contributed by atoms with Gasteiger partial charge in [-0.3, -0.25) is 9.59 Å². The number of methoxy groups -OCH3 is 1. The van der Waals surface area contributed by atoms with Crippen molar-refractivity contribution in [2.75, 3.05) is 20.3 Å². The summed E-state index contributed by atoms with van der Waals surface area (Å²) in [7, 11) is 1.54. The highest BCUT2D eigenvalue weighted by atomic mass is 35.5. The van der Waals surface area contributed by atoms with Gasteiger partial charge in [-0.15, -0.1) is 0 Å². The van der Waals surface area contributed by atoms with Crippen LogP contribution in [0.1, 0.15) is 47.6 Å². The van der Waals surface area contributed by atoms with Gasteiger partial charge in [0.2, 0.25) is 11.8 Å². The molecule has 0 aromatic heterocycles. The van der Waals surface area contributed by atoms with Crippen LogP contribution < -0.4 is 5.32 Å². The number of carbonyl (C=O) groups excluding carboxylic acids is 2. The van der Waals surface area contributed by atoms with E-state index in [1.165, 1.54) is 23.1 Å². The molecule has 0 radical (unpaired) electrons. The third kappa shape index (κ3) is 8.53. The third-order valence-electron chi connectivity index (χ3n) is 6.05. The largest absolute Gasteiger partial charge is 0.508 e. The predicted octanol–water partition coefficient (Wildman–Crippen LogP) is 5.84. The fraction of sp³-hybridized carbons (Fsp3) is 0.310. The van der Waals surface area contributed by atoms with Crippen LogP contribution in [0.5, 0.6) is 5.75 Å². The molecule has 3 aromatic carbocycles. The first-order valence-electron chi connectivity index (χ1n) is 12.2. The molecule has 1 unspecified atom stereocenters.